The molecule has 0 heterocycles. The van der Waals surface area contributed by atoms with Crippen LogP contribution in [0.5, 0.6) is 0 Å². The first-order valence-electron chi connectivity index (χ1n) is 4.83. The summed E-state index contributed by atoms with van der Waals surface area (Å²) >= 11 is 0. The van der Waals surface area contributed by atoms with Crippen molar-refractivity contribution in [2.24, 2.45) is 0 Å². The van der Waals surface area contributed by atoms with Crippen LogP contribution in [-0.4, -0.2) is 20.1 Å². The lowest BCUT2D eigenvalue weighted by atomic mass is 10.2. The molecule has 1 aromatic carbocycles. The maximum atomic E-state index is 11.8. The van der Waals surface area contributed by atoms with Crippen LogP contribution in [0.3, 0.4) is 0 Å². The van der Waals surface area contributed by atoms with Gasteiger partial charge in [-0.15, -0.1) is 0 Å². The Bertz CT molecular complexity index is 503. The van der Waals surface area contributed by atoms with Gasteiger partial charge in [-0.1, -0.05) is 12.1 Å². The van der Waals surface area contributed by atoms with Gasteiger partial charge in [-0.25, -0.2) is 8.42 Å². The van der Waals surface area contributed by atoms with Crippen LogP contribution in [0.4, 0.5) is 0 Å². The largest absolute Gasteiger partial charge is 0.550 e. The van der Waals surface area contributed by atoms with E-state index in [1.807, 2.05) is 6.07 Å². The lowest BCUT2D eigenvalue weighted by Gasteiger charge is -2.08. The number of aryl methyl sites for hydroxylation is 2. The van der Waals surface area contributed by atoms with Crippen molar-refractivity contribution in [1.82, 2.24) is 0 Å². The minimum absolute atomic E-state index is 0.203. The summed E-state index contributed by atoms with van der Waals surface area (Å²) in [5.41, 5.74) is 1.46. The highest BCUT2D eigenvalue weighted by atomic mass is 32.2. The summed E-state index contributed by atoms with van der Waals surface area (Å²) in [5.74, 6) is -1.77. The SMILES string of the molecule is Cc1ccc(C)c(S(=O)(=O)CCC(=O)[O-])c1. The zero-order chi connectivity index (χ0) is 12.3. The summed E-state index contributed by atoms with van der Waals surface area (Å²) in [6.45, 7) is 3.47. The van der Waals surface area contributed by atoms with Crippen molar-refractivity contribution in [3.8, 4) is 0 Å². The summed E-state index contributed by atoms with van der Waals surface area (Å²) in [4.78, 5) is 10.5. The molecule has 0 atom stereocenters. The molecule has 0 fully saturated rings. The van der Waals surface area contributed by atoms with E-state index in [0.29, 0.717) is 5.56 Å². The topological polar surface area (TPSA) is 74.3 Å². The van der Waals surface area contributed by atoms with E-state index in [4.69, 9.17) is 0 Å². The van der Waals surface area contributed by atoms with Crippen LogP contribution >= 0.6 is 0 Å². The van der Waals surface area contributed by atoms with Crippen LogP contribution in [-0.2, 0) is 14.6 Å². The van der Waals surface area contributed by atoms with Crippen LogP contribution in [0.2, 0.25) is 0 Å². The van der Waals surface area contributed by atoms with Crippen LogP contribution < -0.4 is 5.11 Å². The third-order valence-electron chi connectivity index (χ3n) is 2.25. The van der Waals surface area contributed by atoms with Gasteiger partial charge in [0.15, 0.2) is 9.84 Å². The van der Waals surface area contributed by atoms with Crippen LogP contribution in [0.1, 0.15) is 17.5 Å². The predicted octanol–water partition coefficient (Wildman–Crippen LogP) is 0.217. The third kappa shape index (κ3) is 3.06. The maximum absolute atomic E-state index is 11.8. The van der Waals surface area contributed by atoms with Gasteiger partial charge in [-0.05, 0) is 31.0 Å². The fourth-order valence-corrected chi connectivity index (χ4v) is 2.95. The Morgan fingerprint density at radius 3 is 2.50 bits per heavy atom. The van der Waals surface area contributed by atoms with Gasteiger partial charge in [0, 0.05) is 12.4 Å². The van der Waals surface area contributed by atoms with Crippen molar-refractivity contribution in [3.05, 3.63) is 29.3 Å². The lowest BCUT2D eigenvalue weighted by Crippen LogP contribution is -2.25. The smallest absolute Gasteiger partial charge is 0.179 e. The number of hydrogen-bond donors (Lipinski definition) is 0. The second-order valence-corrected chi connectivity index (χ2v) is 5.79. The molecule has 0 aromatic heterocycles. The first kappa shape index (κ1) is 12.7. The van der Waals surface area contributed by atoms with E-state index in [1.165, 1.54) is 0 Å². The maximum Gasteiger partial charge on any atom is 0.179 e. The average molecular weight is 241 g/mol. The summed E-state index contributed by atoms with van der Waals surface area (Å²) in [6.07, 6.45) is -0.476. The normalized spacial score (nSPS) is 11.4. The Hall–Kier alpha value is -1.36. The van der Waals surface area contributed by atoms with Gasteiger partial charge in [0.2, 0.25) is 0 Å². The summed E-state index contributed by atoms with van der Waals surface area (Å²) in [7, 11) is -3.53. The minimum Gasteiger partial charge on any atom is -0.550 e. The number of sulfone groups is 1. The van der Waals surface area contributed by atoms with E-state index >= 15 is 0 Å². The van der Waals surface area contributed by atoms with Gasteiger partial charge in [0.1, 0.15) is 0 Å². The van der Waals surface area contributed by atoms with Crippen molar-refractivity contribution >= 4 is 15.8 Å². The van der Waals surface area contributed by atoms with E-state index in [9.17, 15) is 18.3 Å². The number of aliphatic carboxylic acids is 1. The van der Waals surface area contributed by atoms with Crippen molar-refractivity contribution in [3.63, 3.8) is 0 Å². The highest BCUT2D eigenvalue weighted by molar-refractivity contribution is 7.91. The van der Waals surface area contributed by atoms with E-state index < -0.39 is 28.0 Å². The molecule has 0 saturated carbocycles. The Balaban J connectivity index is 3.07. The summed E-state index contributed by atoms with van der Waals surface area (Å²) in [6, 6.07) is 5.08. The van der Waals surface area contributed by atoms with E-state index in [0.717, 1.165) is 5.56 Å². The van der Waals surface area contributed by atoms with Gasteiger partial charge in [0.05, 0.1) is 10.6 Å². The second-order valence-electron chi connectivity index (χ2n) is 3.71. The zero-order valence-electron chi connectivity index (χ0n) is 9.19. The van der Waals surface area contributed by atoms with Gasteiger partial charge < -0.3 is 9.90 Å². The molecule has 0 spiro atoms. The van der Waals surface area contributed by atoms with Crippen molar-refractivity contribution in [1.29, 1.82) is 0 Å². The summed E-state index contributed by atoms with van der Waals surface area (Å²) in [5, 5.41) is 10.3. The fourth-order valence-electron chi connectivity index (χ4n) is 1.37. The second kappa shape index (κ2) is 4.65. The molecule has 4 nitrogen and oxygen atoms in total. The molecule has 0 N–H and O–H groups in total. The molecule has 0 aliphatic rings. The molecule has 0 saturated heterocycles. The van der Waals surface area contributed by atoms with Gasteiger partial charge >= 0.3 is 0 Å². The molecular weight excluding hydrogens is 228 g/mol. The molecule has 0 aliphatic carbocycles. The number of carboxylic acids is 1. The van der Waals surface area contributed by atoms with Crippen LogP contribution in [0.15, 0.2) is 23.1 Å². The molecule has 0 unspecified atom stereocenters. The molecule has 1 aromatic rings. The predicted molar refractivity (Wildman–Crippen MR) is 57.6 cm³/mol. The molecule has 5 heteroatoms. The highest BCUT2D eigenvalue weighted by Gasteiger charge is 2.16. The zero-order valence-corrected chi connectivity index (χ0v) is 10.0. The average Bonchev–Trinajstić information content (AvgIpc) is 2.19. The Kier molecular flexibility index (Phi) is 3.70. The molecule has 0 aliphatic heterocycles. The number of carbonyl (C=O) groups is 1. The standard InChI is InChI=1S/C11H14O4S/c1-8-3-4-9(2)10(7-8)16(14,15)6-5-11(12)13/h3-4,7H,5-6H2,1-2H3,(H,12,13)/p-1. The van der Waals surface area contributed by atoms with Crippen molar-refractivity contribution < 1.29 is 18.3 Å². The first-order chi connectivity index (χ1) is 7.33. The minimum atomic E-state index is -3.53. The fraction of sp³-hybridized carbons (Fsp3) is 0.364. The quantitative estimate of drug-likeness (QED) is 0.755. The molecule has 16 heavy (non-hydrogen) atoms. The molecular formula is C11H13O4S-. The lowest BCUT2D eigenvalue weighted by molar-refractivity contribution is -0.305. The summed E-state index contributed by atoms with van der Waals surface area (Å²) < 4.78 is 23.6. The Labute approximate surface area is 94.8 Å². The van der Waals surface area contributed by atoms with Gasteiger partial charge in [-0.2, -0.15) is 0 Å². The number of hydrogen-bond acceptors (Lipinski definition) is 4. The number of benzene rings is 1. The Morgan fingerprint density at radius 2 is 1.94 bits per heavy atom. The molecule has 1 rings (SSSR count). The van der Waals surface area contributed by atoms with E-state index in [-0.39, 0.29) is 4.90 Å². The number of carbonyl (C=O) groups excluding carboxylic acids is 1. The number of carboxylic acid groups (broad SMARTS) is 1. The molecule has 0 bridgehead atoms. The third-order valence-corrected chi connectivity index (χ3v) is 4.11. The van der Waals surface area contributed by atoms with Crippen LogP contribution in [0, 0.1) is 13.8 Å². The molecule has 88 valence electrons. The first-order valence-corrected chi connectivity index (χ1v) is 6.48. The van der Waals surface area contributed by atoms with Gasteiger partial charge in [0.25, 0.3) is 0 Å². The molecule has 0 radical (unpaired) electrons. The molecule has 0 amide bonds. The van der Waals surface area contributed by atoms with E-state index in [1.54, 1.807) is 26.0 Å². The van der Waals surface area contributed by atoms with Crippen LogP contribution in [0.25, 0.3) is 0 Å². The van der Waals surface area contributed by atoms with Gasteiger partial charge in [-0.3, -0.25) is 0 Å². The number of rotatable bonds is 4. The monoisotopic (exact) mass is 241 g/mol. The van der Waals surface area contributed by atoms with Crippen molar-refractivity contribution in [2.45, 2.75) is 25.2 Å². The van der Waals surface area contributed by atoms with Crippen molar-refractivity contribution in [2.75, 3.05) is 5.75 Å². The highest BCUT2D eigenvalue weighted by Crippen LogP contribution is 2.18. The van der Waals surface area contributed by atoms with E-state index in [2.05, 4.69) is 0 Å². The Morgan fingerprint density at radius 1 is 1.31 bits per heavy atom.